The van der Waals surface area contributed by atoms with E-state index in [1.54, 1.807) is 13.8 Å². The van der Waals surface area contributed by atoms with E-state index in [1.807, 2.05) is 0 Å². The summed E-state index contributed by atoms with van der Waals surface area (Å²) in [7, 11) is 0. The molecule has 0 amide bonds. The summed E-state index contributed by atoms with van der Waals surface area (Å²) in [4.78, 5) is 4.03. The highest BCUT2D eigenvalue weighted by Gasteiger charge is 2.16. The van der Waals surface area contributed by atoms with Crippen LogP contribution in [0.4, 0.5) is 4.39 Å². The molecule has 1 aromatic carbocycles. The van der Waals surface area contributed by atoms with Gasteiger partial charge in [0.2, 0.25) is 0 Å². The van der Waals surface area contributed by atoms with Crippen LogP contribution in [0.25, 0.3) is 0 Å². The molecule has 0 aliphatic carbocycles. The third-order valence-electron chi connectivity index (χ3n) is 2.09. The Morgan fingerprint density at radius 1 is 1.47 bits per heavy atom. The summed E-state index contributed by atoms with van der Waals surface area (Å²) < 4.78 is 23.3. The SMILES string of the molecule is Cc1noc([C@H](C)Oc2ccc(F)cc2Cl)n1. The molecule has 0 radical (unpaired) electrons. The molecular formula is C11H10ClFN2O2. The maximum atomic E-state index is 12.8. The monoisotopic (exact) mass is 256 g/mol. The van der Waals surface area contributed by atoms with Gasteiger partial charge in [0.05, 0.1) is 5.02 Å². The number of hydrogen-bond acceptors (Lipinski definition) is 4. The molecule has 90 valence electrons. The maximum absolute atomic E-state index is 12.8. The van der Waals surface area contributed by atoms with E-state index in [9.17, 15) is 4.39 Å². The van der Waals surface area contributed by atoms with Gasteiger partial charge in [0, 0.05) is 0 Å². The Labute approximate surface area is 102 Å². The van der Waals surface area contributed by atoms with E-state index in [0.717, 1.165) is 0 Å². The summed E-state index contributed by atoms with van der Waals surface area (Å²) in [6.07, 6.45) is -0.445. The minimum Gasteiger partial charge on any atom is -0.479 e. The van der Waals surface area contributed by atoms with Crippen molar-refractivity contribution in [3.8, 4) is 5.75 Å². The minimum absolute atomic E-state index is 0.202. The Morgan fingerprint density at radius 2 is 2.24 bits per heavy atom. The first kappa shape index (κ1) is 11.9. The second-order valence-electron chi connectivity index (χ2n) is 3.51. The van der Waals surface area contributed by atoms with E-state index < -0.39 is 11.9 Å². The van der Waals surface area contributed by atoms with Crippen LogP contribution in [0.2, 0.25) is 5.02 Å². The Kier molecular flexibility index (Phi) is 3.28. The molecule has 0 saturated carbocycles. The van der Waals surface area contributed by atoms with Crippen molar-refractivity contribution in [1.29, 1.82) is 0 Å². The van der Waals surface area contributed by atoms with Crippen LogP contribution in [0.3, 0.4) is 0 Å². The van der Waals surface area contributed by atoms with Crippen LogP contribution in [0.5, 0.6) is 5.75 Å². The molecule has 0 spiro atoms. The van der Waals surface area contributed by atoms with Gasteiger partial charge in [0.15, 0.2) is 11.9 Å². The molecule has 1 heterocycles. The fourth-order valence-corrected chi connectivity index (χ4v) is 1.50. The Hall–Kier alpha value is -1.62. The molecule has 0 bridgehead atoms. The molecule has 2 aromatic rings. The quantitative estimate of drug-likeness (QED) is 0.845. The number of hydrogen-bond donors (Lipinski definition) is 0. The molecule has 0 saturated heterocycles. The maximum Gasteiger partial charge on any atom is 0.267 e. The van der Waals surface area contributed by atoms with E-state index in [1.165, 1.54) is 18.2 Å². The highest BCUT2D eigenvalue weighted by Crippen LogP contribution is 2.28. The Morgan fingerprint density at radius 3 is 2.82 bits per heavy atom. The van der Waals surface area contributed by atoms with Crippen molar-refractivity contribution < 1.29 is 13.7 Å². The normalized spacial score (nSPS) is 12.5. The topological polar surface area (TPSA) is 48.2 Å². The van der Waals surface area contributed by atoms with Crippen molar-refractivity contribution in [2.45, 2.75) is 20.0 Å². The average Bonchev–Trinajstić information content (AvgIpc) is 2.69. The number of halogens is 2. The zero-order valence-corrected chi connectivity index (χ0v) is 10.0. The van der Waals surface area contributed by atoms with Crippen molar-refractivity contribution in [1.82, 2.24) is 10.1 Å². The van der Waals surface area contributed by atoms with Gasteiger partial charge >= 0.3 is 0 Å². The van der Waals surface area contributed by atoms with Crippen LogP contribution >= 0.6 is 11.6 Å². The third kappa shape index (κ3) is 2.74. The van der Waals surface area contributed by atoms with E-state index in [2.05, 4.69) is 10.1 Å². The van der Waals surface area contributed by atoms with Gasteiger partial charge < -0.3 is 9.26 Å². The lowest BCUT2D eigenvalue weighted by Crippen LogP contribution is -2.04. The molecule has 1 aromatic heterocycles. The molecule has 1 atom stereocenters. The zero-order valence-electron chi connectivity index (χ0n) is 9.28. The van der Waals surface area contributed by atoms with E-state index in [-0.39, 0.29) is 5.02 Å². The van der Waals surface area contributed by atoms with Gasteiger partial charge in [-0.2, -0.15) is 4.98 Å². The number of ether oxygens (including phenoxy) is 1. The number of aromatic nitrogens is 2. The van der Waals surface area contributed by atoms with Crippen LogP contribution in [0.1, 0.15) is 24.7 Å². The first-order valence-corrected chi connectivity index (χ1v) is 5.36. The molecule has 4 nitrogen and oxygen atoms in total. The summed E-state index contributed by atoms with van der Waals surface area (Å²) in [5, 5.41) is 3.86. The van der Waals surface area contributed by atoms with Crippen LogP contribution in [-0.4, -0.2) is 10.1 Å². The second kappa shape index (κ2) is 4.71. The van der Waals surface area contributed by atoms with Gasteiger partial charge in [-0.15, -0.1) is 0 Å². The van der Waals surface area contributed by atoms with Crippen LogP contribution in [-0.2, 0) is 0 Å². The predicted octanol–water partition coefficient (Wildman–Crippen LogP) is 3.31. The molecule has 0 fully saturated rings. The second-order valence-corrected chi connectivity index (χ2v) is 3.92. The van der Waals surface area contributed by atoms with Gasteiger partial charge in [-0.25, -0.2) is 4.39 Å². The van der Waals surface area contributed by atoms with Gasteiger partial charge in [-0.05, 0) is 32.0 Å². The van der Waals surface area contributed by atoms with Crippen molar-refractivity contribution >= 4 is 11.6 Å². The van der Waals surface area contributed by atoms with Gasteiger partial charge in [-0.3, -0.25) is 0 Å². The number of nitrogens with zero attached hydrogens (tertiary/aromatic N) is 2. The predicted molar refractivity (Wildman–Crippen MR) is 59.5 cm³/mol. The summed E-state index contributed by atoms with van der Waals surface area (Å²) in [5.41, 5.74) is 0. The first-order chi connectivity index (χ1) is 8.06. The van der Waals surface area contributed by atoms with Gasteiger partial charge in [-0.1, -0.05) is 16.8 Å². The molecule has 0 N–H and O–H groups in total. The highest BCUT2D eigenvalue weighted by atomic mass is 35.5. The fourth-order valence-electron chi connectivity index (χ4n) is 1.29. The largest absolute Gasteiger partial charge is 0.479 e. The molecule has 2 rings (SSSR count). The molecule has 0 aliphatic heterocycles. The number of benzene rings is 1. The number of aryl methyl sites for hydroxylation is 1. The third-order valence-corrected chi connectivity index (χ3v) is 2.38. The summed E-state index contributed by atoms with van der Waals surface area (Å²) in [6, 6.07) is 3.91. The minimum atomic E-state index is -0.445. The average molecular weight is 257 g/mol. The molecule has 6 heteroatoms. The molecular weight excluding hydrogens is 247 g/mol. The van der Waals surface area contributed by atoms with Crippen LogP contribution in [0, 0.1) is 12.7 Å². The van der Waals surface area contributed by atoms with E-state index in [0.29, 0.717) is 17.5 Å². The lowest BCUT2D eigenvalue weighted by Gasteiger charge is -2.11. The van der Waals surface area contributed by atoms with Crippen molar-refractivity contribution in [2.75, 3.05) is 0 Å². The first-order valence-electron chi connectivity index (χ1n) is 4.98. The highest BCUT2D eigenvalue weighted by molar-refractivity contribution is 6.32. The Bertz CT molecular complexity index is 530. The lowest BCUT2D eigenvalue weighted by molar-refractivity contribution is 0.175. The van der Waals surface area contributed by atoms with E-state index in [4.69, 9.17) is 20.9 Å². The van der Waals surface area contributed by atoms with Crippen molar-refractivity contribution in [2.24, 2.45) is 0 Å². The summed E-state index contributed by atoms with van der Waals surface area (Å²) in [6.45, 7) is 3.46. The van der Waals surface area contributed by atoms with Crippen molar-refractivity contribution in [3.63, 3.8) is 0 Å². The van der Waals surface area contributed by atoms with Crippen LogP contribution in [0.15, 0.2) is 22.7 Å². The number of rotatable bonds is 3. The molecule has 17 heavy (non-hydrogen) atoms. The smallest absolute Gasteiger partial charge is 0.267 e. The van der Waals surface area contributed by atoms with Crippen molar-refractivity contribution in [3.05, 3.63) is 40.8 Å². The summed E-state index contributed by atoms with van der Waals surface area (Å²) in [5.74, 6) is 0.837. The van der Waals surface area contributed by atoms with Gasteiger partial charge in [0.1, 0.15) is 11.6 Å². The van der Waals surface area contributed by atoms with Crippen LogP contribution < -0.4 is 4.74 Å². The lowest BCUT2D eigenvalue weighted by atomic mass is 10.3. The molecule has 0 aliphatic rings. The zero-order chi connectivity index (χ0) is 12.4. The summed E-state index contributed by atoms with van der Waals surface area (Å²) >= 11 is 5.83. The standard InChI is InChI=1S/C11H10ClFN2O2/c1-6(11-14-7(2)15-17-11)16-10-4-3-8(13)5-9(10)12/h3-6H,1-2H3/t6-/m0/s1. The fraction of sp³-hybridized carbons (Fsp3) is 0.273. The van der Waals surface area contributed by atoms with Gasteiger partial charge in [0.25, 0.3) is 5.89 Å². The van der Waals surface area contributed by atoms with E-state index >= 15 is 0 Å². The molecule has 0 unspecified atom stereocenters. The Balaban J connectivity index is 2.15.